The number of carbonyl (C=O) groups is 1. The fraction of sp³-hybridized carbons (Fsp3) is 0.909. The van der Waals surface area contributed by atoms with Crippen LogP contribution in [0.3, 0.4) is 0 Å². The molecule has 0 aromatic heterocycles. The zero-order valence-corrected chi connectivity index (χ0v) is 9.74. The second kappa shape index (κ2) is 3.27. The molecule has 0 aliphatic heterocycles. The van der Waals surface area contributed by atoms with E-state index in [1.807, 2.05) is 0 Å². The Labute approximate surface area is 85.8 Å². The fourth-order valence-electron chi connectivity index (χ4n) is 2.38. The maximum atomic E-state index is 11.8. The first kappa shape index (κ1) is 11.0. The van der Waals surface area contributed by atoms with Gasteiger partial charge in [0.05, 0.1) is 5.88 Å². The molecule has 2 heteroatoms. The number of hydrogen-bond donors (Lipinski definition) is 0. The molecule has 0 aromatic carbocycles. The first-order chi connectivity index (χ1) is 5.86. The lowest BCUT2D eigenvalue weighted by molar-refractivity contribution is -0.130. The first-order valence-electron chi connectivity index (χ1n) is 4.95. The summed E-state index contributed by atoms with van der Waals surface area (Å²) < 4.78 is 0. The van der Waals surface area contributed by atoms with Crippen LogP contribution in [0.1, 0.15) is 40.5 Å². The van der Waals surface area contributed by atoms with Crippen molar-refractivity contribution in [3.05, 3.63) is 0 Å². The summed E-state index contributed by atoms with van der Waals surface area (Å²) in [4.78, 5) is 11.8. The Balaban J connectivity index is 2.98. The van der Waals surface area contributed by atoms with Gasteiger partial charge in [-0.25, -0.2) is 0 Å². The van der Waals surface area contributed by atoms with Gasteiger partial charge >= 0.3 is 0 Å². The minimum absolute atomic E-state index is 0.0962. The highest BCUT2D eigenvalue weighted by molar-refractivity contribution is 6.28. The van der Waals surface area contributed by atoms with Gasteiger partial charge in [0, 0.05) is 5.41 Å². The van der Waals surface area contributed by atoms with Gasteiger partial charge in [0.1, 0.15) is 0 Å². The van der Waals surface area contributed by atoms with Crippen molar-refractivity contribution in [2.45, 2.75) is 40.5 Å². The van der Waals surface area contributed by atoms with E-state index in [0.717, 1.165) is 12.8 Å². The maximum absolute atomic E-state index is 11.8. The van der Waals surface area contributed by atoms with Crippen LogP contribution in [0, 0.1) is 16.7 Å². The van der Waals surface area contributed by atoms with Crippen LogP contribution in [-0.2, 0) is 4.79 Å². The molecule has 1 aliphatic rings. The molecule has 0 bridgehead atoms. The summed E-state index contributed by atoms with van der Waals surface area (Å²) in [5.41, 5.74) is -0.104. The molecule has 0 spiro atoms. The van der Waals surface area contributed by atoms with Crippen LogP contribution in [0.5, 0.6) is 0 Å². The van der Waals surface area contributed by atoms with Crippen LogP contribution in [0.4, 0.5) is 0 Å². The van der Waals surface area contributed by atoms with Gasteiger partial charge in [-0.05, 0) is 24.2 Å². The standard InChI is InChI=1S/C11H19ClO/c1-8-5-6-11(4,9(13)7-12)10(8,2)3/h8H,5-7H2,1-4H3. The molecule has 76 valence electrons. The minimum Gasteiger partial charge on any atom is -0.298 e. The van der Waals surface area contributed by atoms with Gasteiger partial charge in [0.2, 0.25) is 0 Å². The van der Waals surface area contributed by atoms with Crippen LogP contribution >= 0.6 is 11.6 Å². The Morgan fingerprint density at radius 3 is 2.31 bits per heavy atom. The van der Waals surface area contributed by atoms with E-state index in [4.69, 9.17) is 11.6 Å². The van der Waals surface area contributed by atoms with Gasteiger partial charge in [0.15, 0.2) is 5.78 Å². The zero-order chi connectivity index (χ0) is 10.3. The lowest BCUT2D eigenvalue weighted by atomic mass is 9.64. The SMILES string of the molecule is CC1CCC(C)(C(=O)CCl)C1(C)C. The Morgan fingerprint density at radius 1 is 1.46 bits per heavy atom. The Kier molecular flexibility index (Phi) is 2.78. The molecule has 0 amide bonds. The topological polar surface area (TPSA) is 17.1 Å². The van der Waals surface area contributed by atoms with Crippen LogP contribution in [0.25, 0.3) is 0 Å². The van der Waals surface area contributed by atoms with E-state index >= 15 is 0 Å². The zero-order valence-electron chi connectivity index (χ0n) is 8.98. The average Bonchev–Trinajstić information content (AvgIpc) is 2.29. The largest absolute Gasteiger partial charge is 0.298 e. The summed E-state index contributed by atoms with van der Waals surface area (Å²) in [5.74, 6) is 0.986. The van der Waals surface area contributed by atoms with E-state index in [9.17, 15) is 4.79 Å². The average molecular weight is 203 g/mol. The second-order valence-corrected chi connectivity index (χ2v) is 5.32. The monoisotopic (exact) mass is 202 g/mol. The lowest BCUT2D eigenvalue weighted by Crippen LogP contribution is -2.40. The number of rotatable bonds is 2. The summed E-state index contributed by atoms with van der Waals surface area (Å²) in [5, 5.41) is 0. The molecule has 1 nitrogen and oxygen atoms in total. The van der Waals surface area contributed by atoms with Crippen LogP contribution in [0.15, 0.2) is 0 Å². The number of Topliss-reactive ketones (excluding diaryl/α,β-unsaturated/α-hetero) is 1. The first-order valence-corrected chi connectivity index (χ1v) is 5.49. The molecule has 1 saturated carbocycles. The van der Waals surface area contributed by atoms with Crippen molar-refractivity contribution < 1.29 is 4.79 Å². The van der Waals surface area contributed by atoms with Crippen molar-refractivity contribution in [2.24, 2.45) is 16.7 Å². The number of hydrogen-bond acceptors (Lipinski definition) is 1. The predicted octanol–water partition coefficient (Wildman–Crippen LogP) is 3.26. The quantitative estimate of drug-likeness (QED) is 0.629. The van der Waals surface area contributed by atoms with Crippen molar-refractivity contribution in [3.8, 4) is 0 Å². The molecule has 13 heavy (non-hydrogen) atoms. The minimum atomic E-state index is -0.200. The molecule has 0 heterocycles. The predicted molar refractivity (Wildman–Crippen MR) is 56.0 cm³/mol. The van der Waals surface area contributed by atoms with E-state index in [1.54, 1.807) is 0 Å². The van der Waals surface area contributed by atoms with Gasteiger partial charge in [-0.1, -0.05) is 27.7 Å². The van der Waals surface area contributed by atoms with Crippen molar-refractivity contribution >= 4 is 17.4 Å². The van der Waals surface area contributed by atoms with E-state index in [1.165, 1.54) is 0 Å². The molecular formula is C11H19ClO. The highest BCUT2D eigenvalue weighted by atomic mass is 35.5. The summed E-state index contributed by atoms with van der Waals surface area (Å²) in [6, 6.07) is 0. The van der Waals surface area contributed by atoms with Gasteiger partial charge < -0.3 is 0 Å². The van der Waals surface area contributed by atoms with Crippen molar-refractivity contribution in [3.63, 3.8) is 0 Å². The Bertz CT molecular complexity index is 222. The van der Waals surface area contributed by atoms with Gasteiger partial charge in [-0.15, -0.1) is 11.6 Å². The van der Waals surface area contributed by atoms with Gasteiger partial charge in [-0.2, -0.15) is 0 Å². The summed E-state index contributed by atoms with van der Waals surface area (Å²) in [6.07, 6.45) is 2.14. The molecule has 1 aliphatic carbocycles. The van der Waals surface area contributed by atoms with Gasteiger partial charge in [0.25, 0.3) is 0 Å². The normalized spacial score (nSPS) is 37.8. The smallest absolute Gasteiger partial charge is 0.153 e. The molecule has 1 rings (SSSR count). The van der Waals surface area contributed by atoms with E-state index in [2.05, 4.69) is 27.7 Å². The van der Waals surface area contributed by atoms with Crippen molar-refractivity contribution in [1.82, 2.24) is 0 Å². The third-order valence-corrected chi connectivity index (χ3v) is 4.71. The third-order valence-electron chi connectivity index (χ3n) is 4.47. The summed E-state index contributed by atoms with van der Waals surface area (Å²) in [6.45, 7) is 8.68. The lowest BCUT2D eigenvalue weighted by Gasteiger charge is -2.39. The summed E-state index contributed by atoms with van der Waals surface area (Å²) >= 11 is 5.65. The highest BCUT2D eigenvalue weighted by Gasteiger charge is 2.53. The Morgan fingerprint density at radius 2 is 2.00 bits per heavy atom. The molecule has 0 aromatic rings. The molecule has 1 fully saturated rings. The molecule has 0 radical (unpaired) electrons. The maximum Gasteiger partial charge on any atom is 0.153 e. The van der Waals surface area contributed by atoms with Crippen LogP contribution in [0.2, 0.25) is 0 Å². The van der Waals surface area contributed by atoms with Crippen LogP contribution < -0.4 is 0 Å². The molecular weight excluding hydrogens is 184 g/mol. The molecule has 2 unspecified atom stereocenters. The number of alkyl halides is 1. The number of carbonyl (C=O) groups excluding carboxylic acids is 1. The fourth-order valence-corrected chi connectivity index (χ4v) is 2.67. The molecule has 0 saturated heterocycles. The van der Waals surface area contributed by atoms with E-state index in [0.29, 0.717) is 5.92 Å². The Hall–Kier alpha value is -0.0400. The van der Waals surface area contributed by atoms with Crippen molar-refractivity contribution in [2.75, 3.05) is 5.88 Å². The number of halogens is 1. The highest BCUT2D eigenvalue weighted by Crippen LogP contribution is 2.56. The molecule has 0 N–H and O–H groups in total. The number of ketones is 1. The van der Waals surface area contributed by atoms with Gasteiger partial charge in [-0.3, -0.25) is 4.79 Å². The molecule has 2 atom stereocenters. The third kappa shape index (κ3) is 1.41. The van der Waals surface area contributed by atoms with E-state index < -0.39 is 0 Å². The van der Waals surface area contributed by atoms with Crippen LogP contribution in [-0.4, -0.2) is 11.7 Å². The van der Waals surface area contributed by atoms with Crippen molar-refractivity contribution in [1.29, 1.82) is 0 Å². The van der Waals surface area contributed by atoms with E-state index in [-0.39, 0.29) is 22.5 Å². The summed E-state index contributed by atoms with van der Waals surface area (Å²) in [7, 11) is 0. The second-order valence-electron chi connectivity index (χ2n) is 5.05.